The normalized spacial score (nSPS) is 13.4. The molecule has 0 aromatic rings. The summed E-state index contributed by atoms with van der Waals surface area (Å²) in [6.45, 7) is 16.5. The zero-order valence-electron chi connectivity index (χ0n) is 13.3. The fourth-order valence-electron chi connectivity index (χ4n) is 1.81. The quantitative estimate of drug-likeness (QED) is 0.296. The smallest absolute Gasteiger partial charge is 0.330 e. The zero-order chi connectivity index (χ0) is 15.3. The van der Waals surface area contributed by atoms with Crippen LogP contribution in [0.4, 0.5) is 0 Å². The molecule has 0 aliphatic carbocycles. The van der Waals surface area contributed by atoms with Gasteiger partial charge in [0, 0.05) is 12.5 Å². The number of esters is 1. The lowest BCUT2D eigenvalue weighted by molar-refractivity contribution is -0.140. The molecular weight excluding hydrogens is 292 g/mol. The van der Waals surface area contributed by atoms with Crippen molar-refractivity contribution >= 4 is 32.8 Å². The number of hydrogen-bond acceptors (Lipinski definition) is 4. The summed E-state index contributed by atoms with van der Waals surface area (Å²) in [4.78, 5) is 11.1. The molecule has 0 saturated heterocycles. The van der Waals surface area contributed by atoms with Crippen LogP contribution in [-0.4, -0.2) is 44.9 Å². The molecular formula is C12H28O4Si3. The van der Waals surface area contributed by atoms with Crippen molar-refractivity contribution in [2.24, 2.45) is 0 Å². The van der Waals surface area contributed by atoms with Crippen LogP contribution >= 0.6 is 0 Å². The Balaban J connectivity index is 4.67. The average Bonchev–Trinajstić information content (AvgIpc) is 2.10. The van der Waals surface area contributed by atoms with E-state index >= 15 is 0 Å². The Kier molecular flexibility index (Phi) is 6.90. The highest BCUT2D eigenvalue weighted by Gasteiger charge is 2.36. The fourth-order valence-corrected chi connectivity index (χ4v) is 8.65. The average molecular weight is 321 g/mol. The summed E-state index contributed by atoms with van der Waals surface area (Å²) in [5.41, 5.74) is -0.545. The van der Waals surface area contributed by atoms with Crippen LogP contribution < -0.4 is 0 Å². The van der Waals surface area contributed by atoms with Crippen molar-refractivity contribution in [2.45, 2.75) is 51.1 Å². The van der Waals surface area contributed by atoms with E-state index in [-0.39, 0.29) is 0 Å². The summed E-state index contributed by atoms with van der Waals surface area (Å²) in [5, 5.41) is 0. The van der Waals surface area contributed by atoms with Gasteiger partial charge in [-0.3, -0.25) is 0 Å². The van der Waals surface area contributed by atoms with Gasteiger partial charge < -0.3 is 13.6 Å². The van der Waals surface area contributed by atoms with Crippen LogP contribution in [0.15, 0.2) is 12.7 Å². The second kappa shape index (κ2) is 6.98. The molecule has 0 radical (unpaired) electrons. The van der Waals surface area contributed by atoms with Gasteiger partial charge in [-0.1, -0.05) is 6.58 Å². The molecule has 0 amide bonds. The fraction of sp³-hybridized carbons (Fsp3) is 0.750. The number of carbonyl (C=O) groups excluding carboxylic acids is 1. The molecule has 0 fully saturated rings. The summed E-state index contributed by atoms with van der Waals surface area (Å²) in [6, 6.07) is 0. The van der Waals surface area contributed by atoms with E-state index in [4.69, 9.17) is 13.6 Å². The lowest BCUT2D eigenvalue weighted by atomic mass is 10.4. The highest BCUT2D eigenvalue weighted by atomic mass is 28.4. The van der Waals surface area contributed by atoms with E-state index in [1.54, 1.807) is 0 Å². The van der Waals surface area contributed by atoms with Crippen molar-refractivity contribution in [2.75, 3.05) is 6.61 Å². The molecule has 0 saturated carbocycles. The number of hydrogen-bond donors (Lipinski definition) is 0. The lowest BCUT2D eigenvalue weighted by Gasteiger charge is -2.40. The van der Waals surface area contributed by atoms with Gasteiger partial charge in [-0.25, -0.2) is 4.79 Å². The Morgan fingerprint density at radius 2 is 1.58 bits per heavy atom. The first-order chi connectivity index (χ1) is 8.37. The molecule has 0 bridgehead atoms. The molecule has 4 nitrogen and oxygen atoms in total. The van der Waals surface area contributed by atoms with E-state index in [2.05, 4.69) is 45.9 Å². The third kappa shape index (κ3) is 10.3. The number of ether oxygens (including phenoxy) is 1. The lowest BCUT2D eigenvalue weighted by Crippen LogP contribution is -2.51. The summed E-state index contributed by atoms with van der Waals surface area (Å²) in [6.07, 6.45) is 1.76. The predicted molar refractivity (Wildman–Crippen MR) is 87.3 cm³/mol. The van der Waals surface area contributed by atoms with Gasteiger partial charge in [-0.05, 0) is 39.3 Å². The van der Waals surface area contributed by atoms with Crippen molar-refractivity contribution in [3.05, 3.63) is 12.7 Å². The summed E-state index contributed by atoms with van der Waals surface area (Å²) in [7, 11) is -2.66. The van der Waals surface area contributed by atoms with Gasteiger partial charge in [-0.2, -0.15) is 0 Å². The van der Waals surface area contributed by atoms with Crippen LogP contribution in [0.5, 0.6) is 0 Å². The Labute approximate surface area is 122 Å². The molecule has 0 aromatic carbocycles. The Hall–Kier alpha value is -0.219. The largest absolute Gasteiger partial charge is 0.462 e. The maximum atomic E-state index is 11.1. The molecule has 0 N–H and O–H groups in total. The van der Waals surface area contributed by atoms with Gasteiger partial charge in [0.2, 0.25) is 0 Å². The van der Waals surface area contributed by atoms with Gasteiger partial charge in [0.1, 0.15) is 5.41 Å². The second-order valence-corrected chi connectivity index (χ2v) is 17.1. The van der Waals surface area contributed by atoms with Crippen LogP contribution in [0, 0.1) is 0 Å². The van der Waals surface area contributed by atoms with Crippen LogP contribution in [0.3, 0.4) is 0 Å². The molecule has 0 heterocycles. The number of rotatable bonds is 8. The first-order valence-electron chi connectivity index (χ1n) is 6.56. The molecule has 7 heteroatoms. The van der Waals surface area contributed by atoms with Crippen LogP contribution in [0.25, 0.3) is 0 Å². The summed E-state index contributed by atoms with van der Waals surface area (Å²) in [5.74, 6) is -0.398. The molecule has 0 rings (SSSR count). The highest BCUT2D eigenvalue weighted by molar-refractivity contribution is 6.71. The Morgan fingerprint density at radius 1 is 1.16 bits per heavy atom. The van der Waals surface area contributed by atoms with Gasteiger partial charge in [-0.15, -0.1) is 0 Å². The first-order valence-corrected chi connectivity index (χ1v) is 14.4. The molecule has 0 unspecified atom stereocenters. The van der Waals surface area contributed by atoms with E-state index in [0.29, 0.717) is 13.0 Å². The zero-order valence-corrected chi connectivity index (χ0v) is 17.3. The minimum absolute atomic E-state index is 0.309. The Bertz CT molecular complexity index is 302. The van der Waals surface area contributed by atoms with Crippen molar-refractivity contribution in [1.82, 2.24) is 0 Å². The molecule has 0 atom stereocenters. The van der Waals surface area contributed by atoms with Crippen molar-refractivity contribution in [3.63, 3.8) is 0 Å². The van der Waals surface area contributed by atoms with Crippen LogP contribution in [0.2, 0.25) is 39.3 Å². The monoisotopic (exact) mass is 320 g/mol. The molecule has 0 aliphatic rings. The molecule has 19 heavy (non-hydrogen) atoms. The molecule has 0 spiro atoms. The van der Waals surface area contributed by atoms with E-state index in [9.17, 15) is 4.79 Å². The van der Waals surface area contributed by atoms with E-state index < -0.39 is 28.0 Å². The summed E-state index contributed by atoms with van der Waals surface area (Å²) < 4.78 is 17.5. The molecule has 0 aromatic heterocycles. The van der Waals surface area contributed by atoms with Gasteiger partial charge in [0.05, 0.1) is 16.8 Å². The SMILES string of the molecule is C=CC(=O)OCCC([SiH3])(O[Si](C)(C)C)O[Si](C)(C)C. The molecule has 0 aliphatic heterocycles. The highest BCUT2D eigenvalue weighted by Crippen LogP contribution is 2.24. The van der Waals surface area contributed by atoms with Crippen molar-refractivity contribution in [3.8, 4) is 0 Å². The third-order valence-corrected chi connectivity index (χ3v) is 5.82. The predicted octanol–water partition coefficient (Wildman–Crippen LogP) is 1.83. The Morgan fingerprint density at radius 3 is 1.89 bits per heavy atom. The maximum absolute atomic E-state index is 11.1. The van der Waals surface area contributed by atoms with Gasteiger partial charge in [0.25, 0.3) is 0 Å². The molecule has 112 valence electrons. The number of carbonyl (C=O) groups is 1. The minimum atomic E-state index is -1.71. The third-order valence-electron chi connectivity index (χ3n) is 2.01. The van der Waals surface area contributed by atoms with Crippen LogP contribution in [-0.2, 0) is 18.4 Å². The van der Waals surface area contributed by atoms with Crippen LogP contribution in [0.1, 0.15) is 6.42 Å². The van der Waals surface area contributed by atoms with E-state index in [1.807, 2.05) is 0 Å². The van der Waals surface area contributed by atoms with Gasteiger partial charge in [0.15, 0.2) is 16.6 Å². The van der Waals surface area contributed by atoms with Crippen molar-refractivity contribution in [1.29, 1.82) is 0 Å². The van der Waals surface area contributed by atoms with E-state index in [0.717, 1.165) is 10.2 Å². The van der Waals surface area contributed by atoms with Gasteiger partial charge >= 0.3 is 5.97 Å². The first kappa shape index (κ1) is 18.8. The second-order valence-electron chi connectivity index (χ2n) is 6.68. The van der Waals surface area contributed by atoms with Crippen molar-refractivity contribution < 1.29 is 18.4 Å². The maximum Gasteiger partial charge on any atom is 0.330 e. The van der Waals surface area contributed by atoms with E-state index in [1.165, 1.54) is 6.08 Å². The standard InChI is InChI=1S/C12H28O4Si3/c1-8-11(13)14-10-9-12(17,15-18(2,3)4)16-19(5,6)7/h8H,1,9-10H2,2-7,17H3. The summed E-state index contributed by atoms with van der Waals surface area (Å²) >= 11 is 0. The topological polar surface area (TPSA) is 44.8 Å². The minimum Gasteiger partial charge on any atom is -0.462 e.